The van der Waals surface area contributed by atoms with E-state index in [1.807, 2.05) is 12.1 Å². The van der Waals surface area contributed by atoms with Gasteiger partial charge in [0, 0.05) is 6.20 Å². The number of carbonyl (C=O) groups excluding carboxylic acids is 1. The standard InChI is InChI=1S/C16H22N4O/c1-11-7-5-6-8-13(11)14(16(2,3)4)20-15(21)19-12-9-17-18-10-12/h5-10,14H,1-4H3,(H,17,18)(H2,19,20,21)/t14-/m1/s1. The van der Waals surface area contributed by atoms with E-state index in [0.29, 0.717) is 5.69 Å². The van der Waals surface area contributed by atoms with Gasteiger partial charge in [0.15, 0.2) is 0 Å². The molecule has 1 aromatic heterocycles. The fourth-order valence-electron chi connectivity index (χ4n) is 2.29. The summed E-state index contributed by atoms with van der Waals surface area (Å²) in [6.07, 6.45) is 3.21. The zero-order valence-electron chi connectivity index (χ0n) is 12.9. The van der Waals surface area contributed by atoms with Gasteiger partial charge in [-0.15, -0.1) is 0 Å². The Labute approximate surface area is 125 Å². The number of rotatable bonds is 3. The van der Waals surface area contributed by atoms with Crippen molar-refractivity contribution in [3.05, 3.63) is 47.8 Å². The first-order valence-corrected chi connectivity index (χ1v) is 7.00. The largest absolute Gasteiger partial charge is 0.331 e. The lowest BCUT2D eigenvalue weighted by molar-refractivity contribution is 0.229. The number of H-pyrrole nitrogens is 1. The molecule has 2 amide bonds. The van der Waals surface area contributed by atoms with E-state index in [1.165, 1.54) is 5.56 Å². The number of hydrogen-bond acceptors (Lipinski definition) is 2. The van der Waals surface area contributed by atoms with Crippen molar-refractivity contribution < 1.29 is 4.79 Å². The first-order chi connectivity index (χ1) is 9.88. The van der Waals surface area contributed by atoms with Gasteiger partial charge in [-0.3, -0.25) is 5.10 Å². The zero-order chi connectivity index (χ0) is 15.5. The second-order valence-corrected chi connectivity index (χ2v) is 6.24. The molecule has 0 saturated heterocycles. The number of carbonyl (C=O) groups is 1. The SMILES string of the molecule is Cc1ccccc1[C@@H](NC(=O)Nc1cn[nH]c1)C(C)(C)C. The molecular formula is C16H22N4O. The van der Waals surface area contributed by atoms with Crippen molar-refractivity contribution in [3.63, 3.8) is 0 Å². The van der Waals surface area contributed by atoms with Crippen molar-refractivity contribution in [2.45, 2.75) is 33.7 Å². The fourth-order valence-corrected chi connectivity index (χ4v) is 2.29. The van der Waals surface area contributed by atoms with E-state index >= 15 is 0 Å². The predicted molar refractivity (Wildman–Crippen MR) is 84.1 cm³/mol. The molecule has 1 aromatic carbocycles. The number of hydrogen-bond donors (Lipinski definition) is 3. The van der Waals surface area contributed by atoms with E-state index < -0.39 is 0 Å². The van der Waals surface area contributed by atoms with Gasteiger partial charge in [-0.05, 0) is 23.5 Å². The van der Waals surface area contributed by atoms with Crippen molar-refractivity contribution in [2.75, 3.05) is 5.32 Å². The number of nitrogens with one attached hydrogen (secondary N) is 3. The summed E-state index contributed by atoms with van der Waals surface area (Å²) in [6, 6.07) is 7.80. The molecule has 21 heavy (non-hydrogen) atoms. The molecule has 2 aromatic rings. The molecule has 0 spiro atoms. The van der Waals surface area contributed by atoms with Crippen molar-refractivity contribution in [2.24, 2.45) is 5.41 Å². The maximum atomic E-state index is 12.2. The smallest absolute Gasteiger partial charge is 0.319 e. The van der Waals surface area contributed by atoms with Gasteiger partial charge in [-0.2, -0.15) is 5.10 Å². The van der Waals surface area contributed by atoms with Gasteiger partial charge < -0.3 is 10.6 Å². The predicted octanol–water partition coefficient (Wildman–Crippen LogP) is 3.63. The average Bonchev–Trinajstić information content (AvgIpc) is 2.88. The molecule has 0 aliphatic heterocycles. The number of aromatic amines is 1. The van der Waals surface area contributed by atoms with E-state index in [0.717, 1.165) is 5.56 Å². The summed E-state index contributed by atoms with van der Waals surface area (Å²) < 4.78 is 0. The monoisotopic (exact) mass is 286 g/mol. The molecule has 0 fully saturated rings. The molecule has 5 heteroatoms. The van der Waals surface area contributed by atoms with Crippen LogP contribution in [0.5, 0.6) is 0 Å². The van der Waals surface area contributed by atoms with Crippen LogP contribution in [-0.4, -0.2) is 16.2 Å². The Morgan fingerprint density at radius 3 is 2.57 bits per heavy atom. The Kier molecular flexibility index (Phi) is 4.31. The van der Waals surface area contributed by atoms with Gasteiger partial charge in [-0.25, -0.2) is 4.79 Å². The molecule has 0 saturated carbocycles. The number of urea groups is 1. The van der Waals surface area contributed by atoms with Crippen LogP contribution < -0.4 is 10.6 Å². The van der Waals surface area contributed by atoms with E-state index in [4.69, 9.17) is 0 Å². The van der Waals surface area contributed by atoms with Crippen molar-refractivity contribution in [3.8, 4) is 0 Å². The highest BCUT2D eigenvalue weighted by Crippen LogP contribution is 2.34. The topological polar surface area (TPSA) is 69.8 Å². The molecule has 5 nitrogen and oxygen atoms in total. The van der Waals surface area contributed by atoms with Crippen LogP contribution in [0.3, 0.4) is 0 Å². The minimum absolute atomic E-state index is 0.0781. The molecular weight excluding hydrogens is 264 g/mol. The van der Waals surface area contributed by atoms with Crippen LogP contribution >= 0.6 is 0 Å². The Morgan fingerprint density at radius 1 is 1.29 bits per heavy atom. The number of amides is 2. The molecule has 1 heterocycles. The van der Waals surface area contributed by atoms with Gasteiger partial charge in [0.05, 0.1) is 17.9 Å². The Balaban J connectivity index is 2.18. The van der Waals surface area contributed by atoms with Gasteiger partial charge in [0.25, 0.3) is 0 Å². The average molecular weight is 286 g/mol. The summed E-state index contributed by atoms with van der Waals surface area (Å²) in [5.74, 6) is 0. The number of aryl methyl sites for hydroxylation is 1. The zero-order valence-corrected chi connectivity index (χ0v) is 12.9. The summed E-state index contributed by atoms with van der Waals surface area (Å²) in [5.41, 5.74) is 2.85. The van der Waals surface area contributed by atoms with E-state index in [-0.39, 0.29) is 17.5 Å². The van der Waals surface area contributed by atoms with Crippen LogP contribution in [-0.2, 0) is 0 Å². The van der Waals surface area contributed by atoms with Gasteiger partial charge >= 0.3 is 6.03 Å². The number of benzene rings is 1. The molecule has 3 N–H and O–H groups in total. The first-order valence-electron chi connectivity index (χ1n) is 7.00. The molecule has 0 aliphatic rings. The number of anilines is 1. The molecule has 0 radical (unpaired) electrons. The second-order valence-electron chi connectivity index (χ2n) is 6.24. The van der Waals surface area contributed by atoms with Gasteiger partial charge in [-0.1, -0.05) is 45.0 Å². The quantitative estimate of drug-likeness (QED) is 0.806. The normalized spacial score (nSPS) is 12.8. The van der Waals surface area contributed by atoms with E-state index in [1.54, 1.807) is 12.4 Å². The third-order valence-corrected chi connectivity index (χ3v) is 3.40. The third-order valence-electron chi connectivity index (χ3n) is 3.40. The minimum Gasteiger partial charge on any atom is -0.331 e. The van der Waals surface area contributed by atoms with Crippen LogP contribution in [0.4, 0.5) is 10.5 Å². The van der Waals surface area contributed by atoms with Crippen molar-refractivity contribution in [1.29, 1.82) is 0 Å². The van der Waals surface area contributed by atoms with E-state index in [9.17, 15) is 4.79 Å². The summed E-state index contributed by atoms with van der Waals surface area (Å²) in [5, 5.41) is 12.3. The van der Waals surface area contributed by atoms with Crippen molar-refractivity contribution in [1.82, 2.24) is 15.5 Å². The lowest BCUT2D eigenvalue weighted by Gasteiger charge is -2.33. The fraction of sp³-hybridized carbons (Fsp3) is 0.375. The Morgan fingerprint density at radius 2 is 2.00 bits per heavy atom. The maximum Gasteiger partial charge on any atom is 0.319 e. The molecule has 0 unspecified atom stereocenters. The van der Waals surface area contributed by atoms with Gasteiger partial charge in [0.2, 0.25) is 0 Å². The molecule has 112 valence electrons. The lowest BCUT2D eigenvalue weighted by Crippen LogP contribution is -2.39. The maximum absolute atomic E-state index is 12.2. The van der Waals surface area contributed by atoms with Crippen LogP contribution in [0.2, 0.25) is 0 Å². The second kappa shape index (κ2) is 5.99. The summed E-state index contributed by atoms with van der Waals surface area (Å²) in [7, 11) is 0. The molecule has 1 atom stereocenters. The molecule has 0 aliphatic carbocycles. The highest BCUT2D eigenvalue weighted by atomic mass is 16.2. The molecule has 2 rings (SSSR count). The Hall–Kier alpha value is -2.30. The molecule has 0 bridgehead atoms. The van der Waals surface area contributed by atoms with Crippen LogP contribution in [0, 0.1) is 12.3 Å². The number of nitrogens with zero attached hydrogens (tertiary/aromatic N) is 1. The van der Waals surface area contributed by atoms with E-state index in [2.05, 4.69) is 60.7 Å². The third kappa shape index (κ3) is 3.84. The highest BCUT2D eigenvalue weighted by Gasteiger charge is 2.28. The summed E-state index contributed by atoms with van der Waals surface area (Å²) in [6.45, 7) is 8.40. The summed E-state index contributed by atoms with van der Waals surface area (Å²) >= 11 is 0. The van der Waals surface area contributed by atoms with Crippen LogP contribution in [0.1, 0.15) is 37.9 Å². The van der Waals surface area contributed by atoms with Crippen LogP contribution in [0.15, 0.2) is 36.7 Å². The van der Waals surface area contributed by atoms with Gasteiger partial charge in [0.1, 0.15) is 0 Å². The highest BCUT2D eigenvalue weighted by molar-refractivity contribution is 5.89. The van der Waals surface area contributed by atoms with Crippen LogP contribution in [0.25, 0.3) is 0 Å². The number of aromatic nitrogens is 2. The first kappa shape index (κ1) is 15.1. The summed E-state index contributed by atoms with van der Waals surface area (Å²) in [4.78, 5) is 12.2. The minimum atomic E-state index is -0.237. The Bertz CT molecular complexity index is 599. The lowest BCUT2D eigenvalue weighted by atomic mass is 9.81. The van der Waals surface area contributed by atoms with Crippen molar-refractivity contribution >= 4 is 11.7 Å².